The maximum Gasteiger partial charge on any atom is 4.00 e. The summed E-state index contributed by atoms with van der Waals surface area (Å²) in [6, 6.07) is 8.69. The van der Waals surface area contributed by atoms with Gasteiger partial charge in [-0.3, -0.25) is 0 Å². The molecule has 0 bridgehead atoms. The first-order valence-electron chi connectivity index (χ1n) is 13.7. The number of nitrogens with zero attached hydrogens (tertiary/aromatic N) is 3. The van der Waals surface area contributed by atoms with Gasteiger partial charge in [-0.1, -0.05) is 144 Å². The molecule has 0 saturated carbocycles. The van der Waals surface area contributed by atoms with Crippen molar-refractivity contribution in [1.82, 2.24) is 0 Å². The molecule has 1 aromatic carbocycles. The van der Waals surface area contributed by atoms with Crippen molar-refractivity contribution in [2.75, 3.05) is 0 Å². The second-order valence-electron chi connectivity index (χ2n) is 16.8. The first kappa shape index (κ1) is 44.4. The Morgan fingerprint density at radius 1 is 0.405 bits per heavy atom. The zero-order valence-electron chi connectivity index (χ0n) is 29.2. The summed E-state index contributed by atoms with van der Waals surface area (Å²) in [5.74, 6) is 0. The van der Waals surface area contributed by atoms with Crippen LogP contribution in [0.5, 0.6) is 0 Å². The molecule has 0 amide bonds. The Morgan fingerprint density at radius 3 is 0.622 bits per heavy atom. The Balaban J connectivity index is -0.000000194. The Morgan fingerprint density at radius 2 is 0.568 bits per heavy atom. The predicted octanol–water partition coefficient (Wildman–Crippen LogP) is 10.8. The van der Waals surface area contributed by atoms with Crippen LogP contribution < -0.4 is 5.19 Å². The van der Waals surface area contributed by atoms with Crippen LogP contribution in [-0.2, 0) is 26.2 Å². The number of hydrogen-bond acceptors (Lipinski definition) is 0. The molecule has 0 aliphatic carbocycles. The van der Waals surface area contributed by atoms with Crippen molar-refractivity contribution in [1.29, 1.82) is 0 Å². The Labute approximate surface area is 256 Å². The summed E-state index contributed by atoms with van der Waals surface area (Å²) in [5.41, 5.74) is 0.656. The van der Waals surface area contributed by atoms with Crippen molar-refractivity contribution in [3.63, 3.8) is 0 Å². The molecule has 0 N–H and O–H groups in total. The van der Waals surface area contributed by atoms with Crippen molar-refractivity contribution >= 4 is 13.3 Å². The fraction of sp³-hybridized carbons (Fsp3) is 0.844. The molecule has 0 heterocycles. The third-order valence-corrected chi connectivity index (χ3v) is 5.61. The van der Waals surface area contributed by atoms with E-state index in [1.54, 1.807) is 5.19 Å². The molecular weight excluding hydrogens is 546 g/mol. The normalized spacial score (nSPS) is 13.1. The van der Waals surface area contributed by atoms with Crippen LogP contribution in [-0.4, -0.2) is 41.3 Å². The second kappa shape index (κ2) is 16.6. The van der Waals surface area contributed by atoms with E-state index in [0.717, 1.165) is 0 Å². The van der Waals surface area contributed by atoms with E-state index in [1.165, 1.54) is 0 Å². The van der Waals surface area contributed by atoms with Crippen LogP contribution in [0.1, 0.15) is 125 Å². The summed E-state index contributed by atoms with van der Waals surface area (Å²) in [5, 5.41) is 15.2. The molecule has 0 unspecified atom stereocenters. The minimum atomic E-state index is -0.981. The predicted molar refractivity (Wildman–Crippen MR) is 174 cm³/mol. The summed E-state index contributed by atoms with van der Waals surface area (Å²) in [7, 11) is -0.981. The zero-order chi connectivity index (χ0) is 30.0. The molecule has 1 rings (SSSR count). The largest absolute Gasteiger partial charge is 4.00 e. The smallest absolute Gasteiger partial charge is 0.653 e. The van der Waals surface area contributed by atoms with E-state index in [9.17, 15) is 0 Å². The molecule has 3 nitrogen and oxygen atoms in total. The molecule has 5 heteroatoms. The maximum atomic E-state index is 4.54. The van der Waals surface area contributed by atoms with Crippen molar-refractivity contribution < 1.29 is 26.2 Å². The van der Waals surface area contributed by atoms with Crippen LogP contribution in [0.15, 0.2) is 24.3 Å². The van der Waals surface area contributed by atoms with Gasteiger partial charge in [0.05, 0.1) is 0 Å². The summed E-state index contributed by atoms with van der Waals surface area (Å²) in [6.07, 6.45) is 0. The van der Waals surface area contributed by atoms with Gasteiger partial charge < -0.3 is 16.0 Å². The van der Waals surface area contributed by atoms with E-state index in [0.29, 0.717) is 0 Å². The molecule has 0 atom stereocenters. The molecule has 0 fully saturated rings. The van der Waals surface area contributed by atoms with Gasteiger partial charge >= 0.3 is 26.2 Å². The summed E-state index contributed by atoms with van der Waals surface area (Å²) >= 11 is 0. The van der Waals surface area contributed by atoms with Crippen molar-refractivity contribution in [2.24, 2.45) is 0 Å². The maximum absolute atomic E-state index is 4.54. The zero-order valence-corrected chi connectivity index (χ0v) is 32.6. The van der Waals surface area contributed by atoms with Crippen LogP contribution in [0.25, 0.3) is 16.0 Å². The van der Waals surface area contributed by atoms with Crippen LogP contribution in [0.2, 0.25) is 19.6 Å². The summed E-state index contributed by atoms with van der Waals surface area (Å²) < 4.78 is 0. The second-order valence-corrected chi connectivity index (χ2v) is 21.9. The van der Waals surface area contributed by atoms with E-state index in [1.807, 2.05) is 0 Å². The van der Waals surface area contributed by atoms with Crippen LogP contribution in [0, 0.1) is 0 Å². The van der Waals surface area contributed by atoms with Gasteiger partial charge in [-0.05, 0) is 0 Å². The first-order valence-corrected chi connectivity index (χ1v) is 17.2. The molecule has 37 heavy (non-hydrogen) atoms. The molecule has 0 radical (unpaired) electrons. The van der Waals surface area contributed by atoms with Crippen molar-refractivity contribution in [3.8, 4) is 0 Å². The molecule has 218 valence electrons. The molecule has 0 aliphatic rings. The van der Waals surface area contributed by atoms with Crippen LogP contribution in [0.4, 0.5) is 0 Å². The molecule has 0 aromatic heterocycles. The van der Waals surface area contributed by atoms with E-state index in [4.69, 9.17) is 0 Å². The Bertz CT molecular complexity index is 563. The standard InChI is InChI=1S/3C8H18N.C8H13Si.Zr/c3*1-7(2,3)9-8(4,5)6;1-9(2,3)8-6-4-5-7-8;/h3*1-6H3;4-7H,1-3H3;/q4*-1;+4. The van der Waals surface area contributed by atoms with Crippen molar-refractivity contribution in [2.45, 2.75) is 178 Å². The minimum absolute atomic E-state index is 0. The van der Waals surface area contributed by atoms with Gasteiger partial charge in [-0.15, -0.1) is 33.2 Å². The SMILES string of the molecule is CC(C)(C)[N-]C(C)(C)C.CC(C)(C)[N-]C(C)(C)C.CC(C)(C)[N-]C(C)(C)C.C[Si](C)(C)[c-]1cccc1.[Zr+4]. The van der Waals surface area contributed by atoms with Gasteiger partial charge in [-0.25, -0.2) is 12.1 Å². The molecular formula is C32H67N3SiZr. The van der Waals surface area contributed by atoms with Gasteiger partial charge in [-0.2, -0.15) is 17.3 Å². The van der Waals surface area contributed by atoms with E-state index in [-0.39, 0.29) is 59.4 Å². The molecule has 0 saturated heterocycles. The Hall–Kier alpha value is 0.330. The fourth-order valence-electron chi connectivity index (χ4n) is 3.89. The third kappa shape index (κ3) is 43.6. The van der Waals surface area contributed by atoms with E-state index in [2.05, 4.69) is 184 Å². The molecule has 1 aromatic rings. The van der Waals surface area contributed by atoms with Crippen LogP contribution >= 0.6 is 0 Å². The van der Waals surface area contributed by atoms with Gasteiger partial charge in [0.15, 0.2) is 0 Å². The quantitative estimate of drug-likeness (QED) is 0.224. The van der Waals surface area contributed by atoms with Crippen LogP contribution in [0.3, 0.4) is 0 Å². The van der Waals surface area contributed by atoms with Gasteiger partial charge in [0.25, 0.3) is 0 Å². The number of hydrogen-bond donors (Lipinski definition) is 0. The Kier molecular flexibility index (Phi) is 19.9. The first-order chi connectivity index (χ1) is 15.2. The third-order valence-electron chi connectivity index (χ3n) is 3.54. The number of rotatable bonds is 1. The molecule has 0 aliphatic heterocycles. The molecule has 0 spiro atoms. The van der Waals surface area contributed by atoms with Gasteiger partial charge in [0, 0.05) is 8.07 Å². The van der Waals surface area contributed by atoms with Crippen molar-refractivity contribution in [3.05, 3.63) is 40.2 Å². The topological polar surface area (TPSA) is 42.3 Å². The summed E-state index contributed by atoms with van der Waals surface area (Å²) in [4.78, 5) is 0. The average molecular weight is 613 g/mol. The summed E-state index contributed by atoms with van der Waals surface area (Å²) in [6.45, 7) is 45.3. The minimum Gasteiger partial charge on any atom is -0.653 e. The average Bonchev–Trinajstić information content (AvgIpc) is 2.89. The van der Waals surface area contributed by atoms with E-state index >= 15 is 0 Å². The van der Waals surface area contributed by atoms with E-state index < -0.39 is 8.07 Å². The fourth-order valence-corrected chi connectivity index (χ4v) is 5.09. The van der Waals surface area contributed by atoms with Gasteiger partial charge in [0.2, 0.25) is 0 Å². The van der Waals surface area contributed by atoms with Gasteiger partial charge in [0.1, 0.15) is 0 Å². The monoisotopic (exact) mass is 611 g/mol.